The molecule has 1 saturated heterocycles. The van der Waals surface area contributed by atoms with Gasteiger partial charge in [0, 0.05) is 22.5 Å². The number of rotatable bonds is 4. The molecule has 0 aliphatic carbocycles. The average Bonchev–Trinajstić information content (AvgIpc) is 2.89. The lowest BCUT2D eigenvalue weighted by Crippen LogP contribution is -2.24. The second-order valence-corrected chi connectivity index (χ2v) is 7.34. The van der Waals surface area contributed by atoms with Crippen LogP contribution in [-0.2, 0) is 6.54 Å². The molecule has 0 spiro atoms. The molecule has 3 rings (SSSR count). The lowest BCUT2D eigenvalue weighted by atomic mass is 10.1. The second-order valence-electron chi connectivity index (χ2n) is 5.82. The molecule has 2 heterocycles. The molecule has 1 unspecified atom stereocenters. The molecule has 1 N–H and O–H groups in total. The van der Waals surface area contributed by atoms with Gasteiger partial charge in [0.2, 0.25) is 0 Å². The van der Waals surface area contributed by atoms with Gasteiger partial charge in [-0.15, -0.1) is 24.8 Å². The maximum Gasteiger partial charge on any atom is 0.161 e. The zero-order chi connectivity index (χ0) is 14.7. The van der Waals surface area contributed by atoms with Crippen molar-refractivity contribution in [2.45, 2.75) is 38.3 Å². The molecule has 1 atom stereocenters. The number of nitrogens with one attached hydrogen (secondary N) is 1. The topological polar surface area (TPSA) is 27.6 Å². The van der Waals surface area contributed by atoms with Crippen molar-refractivity contribution in [3.8, 4) is 0 Å². The summed E-state index contributed by atoms with van der Waals surface area (Å²) in [6.07, 6.45) is 5.30. The summed E-state index contributed by atoms with van der Waals surface area (Å²) in [5.41, 5.74) is 2.33. The van der Waals surface area contributed by atoms with Crippen molar-refractivity contribution in [2.75, 3.05) is 24.7 Å². The fourth-order valence-electron chi connectivity index (χ4n) is 3.04. The van der Waals surface area contributed by atoms with Gasteiger partial charge in [-0.1, -0.05) is 23.4 Å². The molecule has 2 aliphatic heterocycles. The van der Waals surface area contributed by atoms with Crippen molar-refractivity contribution in [1.29, 1.82) is 0 Å². The van der Waals surface area contributed by atoms with Gasteiger partial charge in [-0.3, -0.25) is 4.99 Å². The molecule has 0 radical (unpaired) electrons. The van der Waals surface area contributed by atoms with Gasteiger partial charge in [0.15, 0.2) is 5.17 Å². The summed E-state index contributed by atoms with van der Waals surface area (Å²) in [4.78, 5) is 7.10. The van der Waals surface area contributed by atoms with Crippen LogP contribution in [0.3, 0.4) is 0 Å². The Balaban J connectivity index is 0.00000132. The summed E-state index contributed by atoms with van der Waals surface area (Å²) >= 11 is 7.84. The molecule has 1 aromatic rings. The van der Waals surface area contributed by atoms with Crippen molar-refractivity contribution in [1.82, 2.24) is 4.90 Å². The van der Waals surface area contributed by atoms with Crippen molar-refractivity contribution in [3.05, 3.63) is 28.8 Å². The molecule has 130 valence electrons. The van der Waals surface area contributed by atoms with Crippen LogP contribution in [0.25, 0.3) is 0 Å². The van der Waals surface area contributed by atoms with E-state index in [4.69, 9.17) is 11.6 Å². The Kier molecular flexibility index (Phi) is 9.09. The van der Waals surface area contributed by atoms with E-state index >= 15 is 0 Å². The molecule has 2 aliphatic rings. The molecule has 0 bridgehead atoms. The molecule has 23 heavy (non-hydrogen) atoms. The highest BCUT2D eigenvalue weighted by Crippen LogP contribution is 2.27. The van der Waals surface area contributed by atoms with Crippen molar-refractivity contribution in [2.24, 2.45) is 4.99 Å². The van der Waals surface area contributed by atoms with E-state index in [2.05, 4.69) is 22.3 Å². The summed E-state index contributed by atoms with van der Waals surface area (Å²) in [6, 6.07) is 6.76. The molecule has 0 amide bonds. The lowest BCUT2D eigenvalue weighted by molar-refractivity contribution is 0.295. The lowest BCUT2D eigenvalue weighted by Gasteiger charge is -2.20. The average molecular weight is 397 g/mol. The summed E-state index contributed by atoms with van der Waals surface area (Å²) in [6.45, 7) is 2.00. The number of aliphatic imine (C=N–C) groups is 1. The van der Waals surface area contributed by atoms with Crippen LogP contribution in [0.2, 0.25) is 5.02 Å². The van der Waals surface area contributed by atoms with Crippen LogP contribution >= 0.6 is 48.2 Å². The summed E-state index contributed by atoms with van der Waals surface area (Å²) in [5, 5.41) is 5.23. The molecule has 0 aromatic heterocycles. The largest absolute Gasteiger partial charge is 0.335 e. The molecule has 0 saturated carbocycles. The number of hydrogen-bond acceptors (Lipinski definition) is 4. The first-order valence-corrected chi connectivity index (χ1v) is 9.01. The molecular formula is C16H24Cl3N3S. The predicted octanol–water partition coefficient (Wildman–Crippen LogP) is 5.07. The first-order valence-electron chi connectivity index (χ1n) is 7.65. The number of amidine groups is 1. The number of anilines is 1. The smallest absolute Gasteiger partial charge is 0.161 e. The zero-order valence-electron chi connectivity index (χ0n) is 13.3. The highest BCUT2D eigenvalue weighted by atomic mass is 35.5. The number of benzene rings is 1. The van der Waals surface area contributed by atoms with Crippen LogP contribution in [-0.4, -0.2) is 35.5 Å². The van der Waals surface area contributed by atoms with Crippen molar-refractivity contribution >= 4 is 59.0 Å². The quantitative estimate of drug-likeness (QED) is 0.720. The molecule has 3 nitrogen and oxygen atoms in total. The third-order valence-electron chi connectivity index (χ3n) is 4.29. The third-order valence-corrected chi connectivity index (χ3v) is 5.53. The normalized spacial score (nSPS) is 19.9. The van der Waals surface area contributed by atoms with Gasteiger partial charge in [-0.05, 0) is 63.0 Å². The van der Waals surface area contributed by atoms with E-state index in [9.17, 15) is 0 Å². The Bertz CT molecular complexity index is 539. The van der Waals surface area contributed by atoms with Gasteiger partial charge in [0.25, 0.3) is 0 Å². The summed E-state index contributed by atoms with van der Waals surface area (Å²) < 4.78 is 0. The van der Waals surface area contributed by atoms with Crippen molar-refractivity contribution < 1.29 is 0 Å². The van der Waals surface area contributed by atoms with Gasteiger partial charge in [0.05, 0.1) is 6.54 Å². The van der Waals surface area contributed by atoms with Gasteiger partial charge in [-0.25, -0.2) is 0 Å². The van der Waals surface area contributed by atoms with E-state index in [0.29, 0.717) is 0 Å². The van der Waals surface area contributed by atoms with E-state index in [1.54, 1.807) is 0 Å². The maximum absolute atomic E-state index is 6.00. The number of hydrogen-bond donors (Lipinski definition) is 1. The Labute approximate surface area is 160 Å². The first-order chi connectivity index (χ1) is 10.2. The maximum atomic E-state index is 6.00. The van der Waals surface area contributed by atoms with E-state index in [1.165, 1.54) is 37.8 Å². The number of halogens is 3. The molecular weight excluding hydrogens is 373 g/mol. The van der Waals surface area contributed by atoms with Crippen LogP contribution in [0.4, 0.5) is 5.69 Å². The van der Waals surface area contributed by atoms with E-state index in [-0.39, 0.29) is 24.8 Å². The molecule has 7 heteroatoms. The van der Waals surface area contributed by atoms with Crippen LogP contribution in [0.5, 0.6) is 0 Å². The number of thioether (sulfide) groups is 1. The van der Waals surface area contributed by atoms with Crippen LogP contribution < -0.4 is 5.32 Å². The van der Waals surface area contributed by atoms with Crippen molar-refractivity contribution in [3.63, 3.8) is 0 Å². The Morgan fingerprint density at radius 2 is 2.22 bits per heavy atom. The first kappa shape index (κ1) is 20.9. The van der Waals surface area contributed by atoms with Gasteiger partial charge in [0.1, 0.15) is 0 Å². The Morgan fingerprint density at radius 3 is 2.96 bits per heavy atom. The van der Waals surface area contributed by atoms with E-state index < -0.39 is 0 Å². The van der Waals surface area contributed by atoms with Crippen LogP contribution in [0.1, 0.15) is 31.2 Å². The van der Waals surface area contributed by atoms with Gasteiger partial charge < -0.3 is 10.2 Å². The SMILES string of the molecule is CN1CCCC1CCCSC1=NCc2cc(Cl)ccc2N1.Cl.Cl. The minimum Gasteiger partial charge on any atom is -0.335 e. The summed E-state index contributed by atoms with van der Waals surface area (Å²) in [5.74, 6) is 1.14. The molecule has 1 aromatic carbocycles. The number of fused-ring (bicyclic) bond motifs is 1. The Hall–Kier alpha value is -0.130. The fourth-order valence-corrected chi connectivity index (χ4v) is 4.08. The fraction of sp³-hybridized carbons (Fsp3) is 0.562. The standard InChI is InChI=1S/C16H22ClN3S.2ClH/c1-20-8-2-4-14(20)5-3-9-21-16-18-11-12-10-13(17)6-7-15(12)19-16;;/h6-7,10,14H,2-5,8-9,11H2,1H3,(H,18,19);2*1H. The second kappa shape index (κ2) is 10.00. The summed E-state index contributed by atoms with van der Waals surface area (Å²) in [7, 11) is 2.25. The van der Waals surface area contributed by atoms with Crippen LogP contribution in [0.15, 0.2) is 23.2 Å². The van der Waals surface area contributed by atoms with Gasteiger partial charge >= 0.3 is 0 Å². The highest BCUT2D eigenvalue weighted by Gasteiger charge is 2.20. The van der Waals surface area contributed by atoms with Gasteiger partial charge in [-0.2, -0.15) is 0 Å². The zero-order valence-corrected chi connectivity index (χ0v) is 16.5. The minimum atomic E-state index is 0. The predicted molar refractivity (Wildman–Crippen MR) is 108 cm³/mol. The van der Waals surface area contributed by atoms with E-state index in [1.807, 2.05) is 30.0 Å². The monoisotopic (exact) mass is 395 g/mol. The number of nitrogens with zero attached hydrogens (tertiary/aromatic N) is 2. The number of likely N-dealkylation sites (tertiary alicyclic amines) is 1. The molecule has 1 fully saturated rings. The highest BCUT2D eigenvalue weighted by molar-refractivity contribution is 8.14. The van der Waals surface area contributed by atoms with E-state index in [0.717, 1.165) is 34.2 Å². The third kappa shape index (κ3) is 5.71. The Morgan fingerprint density at radius 1 is 1.39 bits per heavy atom. The van der Waals surface area contributed by atoms with Crippen LogP contribution in [0, 0.1) is 0 Å². The minimum absolute atomic E-state index is 0.